The molecule has 104 valence electrons. The Morgan fingerprint density at radius 1 is 1.26 bits per heavy atom. The van der Waals surface area contributed by atoms with Crippen molar-refractivity contribution in [1.82, 2.24) is 9.80 Å². The highest BCUT2D eigenvalue weighted by Crippen LogP contribution is 2.24. The summed E-state index contributed by atoms with van der Waals surface area (Å²) < 4.78 is 0. The topological polar surface area (TPSA) is 23.6 Å². The maximum absolute atomic E-state index is 12.4. The van der Waals surface area contributed by atoms with Crippen LogP contribution in [0.15, 0.2) is 18.2 Å². The third kappa shape index (κ3) is 3.41. The lowest BCUT2D eigenvalue weighted by Crippen LogP contribution is -2.44. The highest BCUT2D eigenvalue weighted by atomic mass is 35.5. The van der Waals surface area contributed by atoms with Crippen molar-refractivity contribution in [2.24, 2.45) is 0 Å². The molecular weight excluding hydrogens is 283 g/mol. The molecule has 3 nitrogen and oxygen atoms in total. The third-order valence-corrected chi connectivity index (χ3v) is 4.19. The molecule has 0 radical (unpaired) electrons. The van der Waals surface area contributed by atoms with E-state index >= 15 is 0 Å². The zero-order valence-electron chi connectivity index (χ0n) is 11.2. The maximum Gasteiger partial charge on any atom is 0.255 e. The van der Waals surface area contributed by atoms with Crippen LogP contribution in [0, 0.1) is 0 Å². The van der Waals surface area contributed by atoms with Gasteiger partial charge in [0.25, 0.3) is 5.91 Å². The number of halogens is 2. The van der Waals surface area contributed by atoms with Crippen LogP contribution in [0.3, 0.4) is 0 Å². The number of hydrogen-bond donors (Lipinski definition) is 0. The van der Waals surface area contributed by atoms with Gasteiger partial charge < -0.3 is 9.80 Å². The lowest BCUT2D eigenvalue weighted by molar-refractivity contribution is 0.0663. The molecule has 0 aromatic heterocycles. The molecule has 0 spiro atoms. The Morgan fingerprint density at radius 3 is 2.42 bits per heavy atom. The fourth-order valence-electron chi connectivity index (χ4n) is 2.42. The van der Waals surface area contributed by atoms with E-state index in [2.05, 4.69) is 19.0 Å². The van der Waals surface area contributed by atoms with Gasteiger partial charge in [-0.05, 0) is 45.1 Å². The summed E-state index contributed by atoms with van der Waals surface area (Å²) in [6.45, 7) is 1.56. The smallest absolute Gasteiger partial charge is 0.255 e. The largest absolute Gasteiger partial charge is 0.338 e. The summed E-state index contributed by atoms with van der Waals surface area (Å²) in [4.78, 5) is 16.5. The number of rotatable bonds is 2. The van der Waals surface area contributed by atoms with Crippen LogP contribution in [0.4, 0.5) is 0 Å². The highest BCUT2D eigenvalue weighted by molar-refractivity contribution is 6.36. The van der Waals surface area contributed by atoms with Crippen molar-refractivity contribution in [2.45, 2.75) is 18.9 Å². The summed E-state index contributed by atoms with van der Waals surface area (Å²) in [5, 5.41) is 0.972. The van der Waals surface area contributed by atoms with E-state index in [0.29, 0.717) is 21.7 Å². The predicted octanol–water partition coefficient (Wildman–Crippen LogP) is 3.16. The minimum Gasteiger partial charge on any atom is -0.338 e. The lowest BCUT2D eigenvalue weighted by atomic mass is 10.0. The lowest BCUT2D eigenvalue weighted by Gasteiger charge is -2.35. The van der Waals surface area contributed by atoms with E-state index in [0.717, 1.165) is 25.9 Å². The quantitative estimate of drug-likeness (QED) is 0.838. The SMILES string of the molecule is CN(C)C1CCN(C(=O)c2ccc(Cl)cc2Cl)CC1. The Labute approximate surface area is 124 Å². The second-order valence-corrected chi connectivity index (χ2v) is 5.95. The van der Waals surface area contributed by atoms with Gasteiger partial charge in [-0.3, -0.25) is 4.79 Å². The zero-order valence-corrected chi connectivity index (χ0v) is 12.7. The fraction of sp³-hybridized carbons (Fsp3) is 0.500. The normalized spacial score (nSPS) is 17.0. The van der Waals surface area contributed by atoms with Crippen LogP contribution < -0.4 is 0 Å². The van der Waals surface area contributed by atoms with Crippen LogP contribution in [0.1, 0.15) is 23.2 Å². The molecule has 1 saturated heterocycles. The first-order chi connectivity index (χ1) is 8.99. The average Bonchev–Trinajstić information content (AvgIpc) is 2.38. The molecule has 2 rings (SSSR count). The van der Waals surface area contributed by atoms with Crippen LogP contribution in [0.5, 0.6) is 0 Å². The number of carbonyl (C=O) groups excluding carboxylic acids is 1. The maximum atomic E-state index is 12.4. The number of piperidine rings is 1. The molecule has 0 N–H and O–H groups in total. The number of benzene rings is 1. The number of carbonyl (C=O) groups is 1. The van der Waals surface area contributed by atoms with Crippen LogP contribution in [0.2, 0.25) is 10.0 Å². The summed E-state index contributed by atoms with van der Waals surface area (Å²) in [5.41, 5.74) is 0.536. The van der Waals surface area contributed by atoms with Crippen molar-refractivity contribution in [1.29, 1.82) is 0 Å². The van der Waals surface area contributed by atoms with Gasteiger partial charge in [-0.25, -0.2) is 0 Å². The Bertz CT molecular complexity index is 469. The molecule has 0 atom stereocenters. The average molecular weight is 301 g/mol. The first kappa shape index (κ1) is 14.6. The molecule has 0 unspecified atom stereocenters. The van der Waals surface area contributed by atoms with E-state index in [1.54, 1.807) is 18.2 Å². The molecule has 1 aromatic rings. The van der Waals surface area contributed by atoms with E-state index in [1.165, 1.54) is 0 Å². The van der Waals surface area contributed by atoms with Gasteiger partial charge in [0.05, 0.1) is 10.6 Å². The van der Waals surface area contributed by atoms with Crippen LogP contribution >= 0.6 is 23.2 Å². The van der Waals surface area contributed by atoms with Gasteiger partial charge in [-0.2, -0.15) is 0 Å². The van der Waals surface area contributed by atoms with Crippen molar-refractivity contribution < 1.29 is 4.79 Å². The van der Waals surface area contributed by atoms with Gasteiger partial charge in [-0.15, -0.1) is 0 Å². The summed E-state index contributed by atoms with van der Waals surface area (Å²) in [6.07, 6.45) is 2.01. The number of likely N-dealkylation sites (tertiary alicyclic amines) is 1. The molecule has 1 heterocycles. The van der Waals surface area contributed by atoms with Gasteiger partial charge in [0.2, 0.25) is 0 Å². The molecule has 0 aliphatic carbocycles. The molecule has 0 saturated carbocycles. The number of nitrogens with zero attached hydrogens (tertiary/aromatic N) is 2. The van der Waals surface area contributed by atoms with Gasteiger partial charge in [0, 0.05) is 24.2 Å². The Hall–Kier alpha value is -0.770. The van der Waals surface area contributed by atoms with Crippen molar-refractivity contribution in [3.63, 3.8) is 0 Å². The Morgan fingerprint density at radius 2 is 1.89 bits per heavy atom. The minimum atomic E-state index is -0.00104. The first-order valence-electron chi connectivity index (χ1n) is 6.40. The van der Waals surface area contributed by atoms with Crippen molar-refractivity contribution >= 4 is 29.1 Å². The molecule has 1 aromatic carbocycles. The third-order valence-electron chi connectivity index (χ3n) is 3.64. The zero-order chi connectivity index (χ0) is 14.0. The molecule has 1 fully saturated rings. The van der Waals surface area contributed by atoms with Gasteiger partial charge in [0.1, 0.15) is 0 Å². The summed E-state index contributed by atoms with van der Waals surface area (Å²) >= 11 is 11.9. The second-order valence-electron chi connectivity index (χ2n) is 5.11. The molecule has 5 heteroatoms. The van der Waals surface area contributed by atoms with Crippen molar-refractivity contribution in [3.05, 3.63) is 33.8 Å². The standard InChI is InChI=1S/C14H18Cl2N2O/c1-17(2)11-5-7-18(8-6-11)14(19)12-4-3-10(15)9-13(12)16/h3-4,9,11H,5-8H2,1-2H3. The molecule has 19 heavy (non-hydrogen) atoms. The summed E-state index contributed by atoms with van der Waals surface area (Å²) in [5.74, 6) is -0.00104. The monoisotopic (exact) mass is 300 g/mol. The summed E-state index contributed by atoms with van der Waals surface area (Å²) in [6, 6.07) is 5.58. The van der Waals surface area contributed by atoms with Gasteiger partial charge >= 0.3 is 0 Å². The van der Waals surface area contributed by atoms with Crippen molar-refractivity contribution in [2.75, 3.05) is 27.2 Å². The van der Waals surface area contributed by atoms with E-state index in [-0.39, 0.29) is 5.91 Å². The Balaban J connectivity index is 2.05. The van der Waals surface area contributed by atoms with E-state index in [9.17, 15) is 4.79 Å². The molecule has 0 bridgehead atoms. The summed E-state index contributed by atoms with van der Waals surface area (Å²) in [7, 11) is 4.16. The highest BCUT2D eigenvalue weighted by Gasteiger charge is 2.25. The minimum absolute atomic E-state index is 0.00104. The molecule has 1 aliphatic heterocycles. The van der Waals surface area contributed by atoms with Crippen molar-refractivity contribution in [3.8, 4) is 0 Å². The second kappa shape index (κ2) is 6.12. The van der Waals surface area contributed by atoms with E-state index in [4.69, 9.17) is 23.2 Å². The van der Waals surface area contributed by atoms with Crippen LogP contribution in [-0.2, 0) is 0 Å². The predicted molar refractivity (Wildman–Crippen MR) is 79.1 cm³/mol. The molecule has 1 aliphatic rings. The van der Waals surface area contributed by atoms with Gasteiger partial charge in [0.15, 0.2) is 0 Å². The molecule has 1 amide bonds. The van der Waals surface area contributed by atoms with E-state index in [1.807, 2.05) is 4.90 Å². The van der Waals surface area contributed by atoms with Gasteiger partial charge in [-0.1, -0.05) is 23.2 Å². The number of hydrogen-bond acceptors (Lipinski definition) is 2. The molecular formula is C14H18Cl2N2O. The first-order valence-corrected chi connectivity index (χ1v) is 7.15. The fourth-order valence-corrected chi connectivity index (χ4v) is 2.91. The number of amides is 1. The van der Waals surface area contributed by atoms with E-state index < -0.39 is 0 Å². The Kier molecular flexibility index (Phi) is 4.71. The van der Waals surface area contributed by atoms with Crippen LogP contribution in [0.25, 0.3) is 0 Å². The van der Waals surface area contributed by atoms with Crippen LogP contribution in [-0.4, -0.2) is 48.9 Å².